The molecule has 106 valence electrons. The Kier molecular flexibility index (Phi) is 6.05. The van der Waals surface area contributed by atoms with Gasteiger partial charge in [0.2, 0.25) is 0 Å². The Labute approximate surface area is 122 Å². The van der Waals surface area contributed by atoms with Gasteiger partial charge in [-0.15, -0.1) is 0 Å². The molecular formula is C16H26N2S. The van der Waals surface area contributed by atoms with Gasteiger partial charge in [-0.1, -0.05) is 19.1 Å². The van der Waals surface area contributed by atoms with Crippen molar-refractivity contribution in [1.82, 2.24) is 5.32 Å². The molecule has 19 heavy (non-hydrogen) atoms. The van der Waals surface area contributed by atoms with Crippen molar-refractivity contribution in [3.05, 3.63) is 29.8 Å². The van der Waals surface area contributed by atoms with E-state index in [0.29, 0.717) is 0 Å². The van der Waals surface area contributed by atoms with E-state index in [9.17, 15) is 0 Å². The number of hydrogen-bond donors (Lipinski definition) is 1. The lowest BCUT2D eigenvalue weighted by molar-refractivity contribution is 0.648. The first-order valence-corrected chi connectivity index (χ1v) is 8.66. The monoisotopic (exact) mass is 278 g/mol. The average molecular weight is 278 g/mol. The van der Waals surface area contributed by atoms with Crippen LogP contribution in [-0.4, -0.2) is 31.1 Å². The predicted molar refractivity (Wildman–Crippen MR) is 87.2 cm³/mol. The molecule has 1 atom stereocenters. The van der Waals surface area contributed by atoms with Crippen LogP contribution in [-0.2, 0) is 6.54 Å². The lowest BCUT2D eigenvalue weighted by Crippen LogP contribution is -2.19. The van der Waals surface area contributed by atoms with Crippen molar-refractivity contribution in [3.63, 3.8) is 0 Å². The van der Waals surface area contributed by atoms with Crippen LogP contribution >= 0.6 is 11.8 Å². The third-order valence-electron chi connectivity index (χ3n) is 3.87. The highest BCUT2D eigenvalue weighted by Gasteiger charge is 2.11. The standard InChI is InChI=1S/C16H26N2S/c1-14(19-2)9-10-17-13-15-5-7-16(8-6-15)18-11-3-4-12-18/h5-8,14,17H,3-4,9-13H2,1-2H3. The van der Waals surface area contributed by atoms with Gasteiger partial charge < -0.3 is 10.2 Å². The third-order valence-corrected chi connectivity index (χ3v) is 4.91. The van der Waals surface area contributed by atoms with Gasteiger partial charge in [0.1, 0.15) is 0 Å². The fourth-order valence-electron chi connectivity index (χ4n) is 2.46. The Bertz CT molecular complexity index is 358. The lowest BCUT2D eigenvalue weighted by Gasteiger charge is -2.17. The van der Waals surface area contributed by atoms with E-state index in [1.165, 1.54) is 43.6 Å². The van der Waals surface area contributed by atoms with Crippen LogP contribution in [0.2, 0.25) is 0 Å². The summed E-state index contributed by atoms with van der Waals surface area (Å²) in [6.07, 6.45) is 6.11. The highest BCUT2D eigenvalue weighted by molar-refractivity contribution is 7.99. The molecule has 2 rings (SSSR count). The largest absolute Gasteiger partial charge is 0.372 e. The SMILES string of the molecule is CSC(C)CCNCc1ccc(N2CCCC2)cc1. The van der Waals surface area contributed by atoms with Crippen LogP contribution < -0.4 is 10.2 Å². The van der Waals surface area contributed by atoms with Gasteiger partial charge in [-0.25, -0.2) is 0 Å². The maximum Gasteiger partial charge on any atom is 0.0366 e. The fourth-order valence-corrected chi connectivity index (χ4v) is 2.81. The van der Waals surface area contributed by atoms with Crippen LogP contribution in [0.5, 0.6) is 0 Å². The number of nitrogens with one attached hydrogen (secondary N) is 1. The Morgan fingerprint density at radius 3 is 2.53 bits per heavy atom. The van der Waals surface area contributed by atoms with Crippen molar-refractivity contribution < 1.29 is 0 Å². The molecule has 0 bridgehead atoms. The van der Waals surface area contributed by atoms with Crippen LogP contribution in [0.1, 0.15) is 31.7 Å². The number of thioether (sulfide) groups is 1. The molecule has 3 heteroatoms. The molecule has 0 amide bonds. The zero-order chi connectivity index (χ0) is 13.5. The average Bonchev–Trinajstić information content (AvgIpc) is 2.98. The Hall–Kier alpha value is -0.670. The Morgan fingerprint density at radius 2 is 1.89 bits per heavy atom. The molecule has 1 N–H and O–H groups in total. The maximum atomic E-state index is 3.53. The molecule has 0 radical (unpaired) electrons. The summed E-state index contributed by atoms with van der Waals surface area (Å²) in [4.78, 5) is 2.48. The molecule has 0 aliphatic carbocycles. The predicted octanol–water partition coefficient (Wildman–Crippen LogP) is 3.52. The van der Waals surface area contributed by atoms with E-state index in [1.54, 1.807) is 0 Å². The van der Waals surface area contributed by atoms with Gasteiger partial charge in [0.15, 0.2) is 0 Å². The van der Waals surface area contributed by atoms with Gasteiger partial charge in [0.05, 0.1) is 0 Å². The molecular weight excluding hydrogens is 252 g/mol. The zero-order valence-electron chi connectivity index (χ0n) is 12.2. The van der Waals surface area contributed by atoms with Crippen LogP contribution in [0.3, 0.4) is 0 Å². The second-order valence-electron chi connectivity index (χ2n) is 5.37. The summed E-state index contributed by atoms with van der Waals surface area (Å²) < 4.78 is 0. The van der Waals surface area contributed by atoms with E-state index in [4.69, 9.17) is 0 Å². The molecule has 1 saturated heterocycles. The summed E-state index contributed by atoms with van der Waals surface area (Å²) in [5, 5.41) is 4.28. The number of nitrogens with zero attached hydrogens (tertiary/aromatic N) is 1. The smallest absolute Gasteiger partial charge is 0.0366 e. The summed E-state index contributed by atoms with van der Waals surface area (Å²) in [5.74, 6) is 0. The maximum absolute atomic E-state index is 3.53. The number of hydrogen-bond acceptors (Lipinski definition) is 3. The molecule has 1 aliphatic heterocycles. The molecule has 1 fully saturated rings. The van der Waals surface area contributed by atoms with Gasteiger partial charge in [-0.05, 0) is 49.8 Å². The van der Waals surface area contributed by atoms with Crippen molar-refractivity contribution in [2.24, 2.45) is 0 Å². The minimum Gasteiger partial charge on any atom is -0.372 e. The van der Waals surface area contributed by atoms with Crippen LogP contribution in [0.4, 0.5) is 5.69 Å². The van der Waals surface area contributed by atoms with E-state index < -0.39 is 0 Å². The summed E-state index contributed by atoms with van der Waals surface area (Å²) >= 11 is 1.94. The van der Waals surface area contributed by atoms with E-state index in [2.05, 4.69) is 47.7 Å². The van der Waals surface area contributed by atoms with Crippen LogP contribution in [0.15, 0.2) is 24.3 Å². The van der Waals surface area contributed by atoms with Crippen molar-refractivity contribution in [2.75, 3.05) is 30.8 Å². The minimum atomic E-state index is 0.755. The highest BCUT2D eigenvalue weighted by atomic mass is 32.2. The zero-order valence-corrected chi connectivity index (χ0v) is 13.0. The minimum absolute atomic E-state index is 0.755. The number of rotatable bonds is 7. The molecule has 1 heterocycles. The molecule has 1 unspecified atom stereocenters. The summed E-state index contributed by atoms with van der Waals surface area (Å²) in [5.41, 5.74) is 2.78. The van der Waals surface area contributed by atoms with Crippen molar-refractivity contribution >= 4 is 17.4 Å². The fraction of sp³-hybridized carbons (Fsp3) is 0.625. The molecule has 1 aliphatic rings. The second kappa shape index (κ2) is 7.81. The molecule has 2 nitrogen and oxygen atoms in total. The summed E-state index contributed by atoms with van der Waals surface area (Å²) in [7, 11) is 0. The molecule has 0 saturated carbocycles. The molecule has 0 spiro atoms. The molecule has 1 aromatic rings. The Morgan fingerprint density at radius 1 is 1.21 bits per heavy atom. The molecule has 0 aromatic heterocycles. The van der Waals surface area contributed by atoms with E-state index in [1.807, 2.05) is 11.8 Å². The van der Waals surface area contributed by atoms with Gasteiger partial charge in [-0.3, -0.25) is 0 Å². The molecule has 1 aromatic carbocycles. The highest BCUT2D eigenvalue weighted by Crippen LogP contribution is 2.20. The topological polar surface area (TPSA) is 15.3 Å². The first-order valence-electron chi connectivity index (χ1n) is 7.37. The van der Waals surface area contributed by atoms with Crippen molar-refractivity contribution in [3.8, 4) is 0 Å². The lowest BCUT2D eigenvalue weighted by atomic mass is 10.2. The Balaban J connectivity index is 1.72. The van der Waals surface area contributed by atoms with Crippen molar-refractivity contribution in [1.29, 1.82) is 0 Å². The van der Waals surface area contributed by atoms with Crippen LogP contribution in [0.25, 0.3) is 0 Å². The first-order chi connectivity index (χ1) is 9.29. The van der Waals surface area contributed by atoms with E-state index >= 15 is 0 Å². The van der Waals surface area contributed by atoms with Gasteiger partial charge in [0.25, 0.3) is 0 Å². The second-order valence-corrected chi connectivity index (χ2v) is 6.65. The normalized spacial score (nSPS) is 16.8. The van der Waals surface area contributed by atoms with E-state index in [0.717, 1.165) is 18.3 Å². The van der Waals surface area contributed by atoms with Gasteiger partial charge >= 0.3 is 0 Å². The third kappa shape index (κ3) is 4.73. The summed E-state index contributed by atoms with van der Waals surface area (Å²) in [6, 6.07) is 9.07. The number of benzene rings is 1. The van der Waals surface area contributed by atoms with Gasteiger partial charge in [0, 0.05) is 30.6 Å². The quantitative estimate of drug-likeness (QED) is 0.768. The van der Waals surface area contributed by atoms with Gasteiger partial charge in [-0.2, -0.15) is 11.8 Å². The summed E-state index contributed by atoms with van der Waals surface area (Å²) in [6.45, 7) is 6.84. The van der Waals surface area contributed by atoms with E-state index in [-0.39, 0.29) is 0 Å². The first kappa shape index (κ1) is 14.7. The number of anilines is 1. The van der Waals surface area contributed by atoms with Crippen molar-refractivity contribution in [2.45, 2.75) is 38.0 Å². The van der Waals surface area contributed by atoms with Crippen LogP contribution in [0, 0.1) is 0 Å².